The normalized spacial score (nSPS) is 12.1. The Balaban J connectivity index is 1.57. The van der Waals surface area contributed by atoms with E-state index >= 15 is 0 Å². The van der Waals surface area contributed by atoms with Gasteiger partial charge < -0.3 is 19.7 Å². The van der Waals surface area contributed by atoms with Crippen LogP contribution in [0.1, 0.15) is 57.8 Å². The number of carboxylic acid groups (broad SMARTS) is 1. The maximum atomic E-state index is 12.6. The number of nitrogens with one attached hydrogen (secondary N) is 1. The summed E-state index contributed by atoms with van der Waals surface area (Å²) in [4.78, 5) is 29.7. The van der Waals surface area contributed by atoms with Gasteiger partial charge in [0.05, 0.1) is 6.04 Å². The molecule has 2 heterocycles. The second kappa shape index (κ2) is 10.7. The Hall–Kier alpha value is -3.65. The smallest absolute Gasteiger partial charge is 0.408 e. The third kappa shape index (κ3) is 5.89. The Morgan fingerprint density at radius 2 is 1.83 bits per heavy atom. The summed E-state index contributed by atoms with van der Waals surface area (Å²) in [6.07, 6.45) is 2.54. The highest BCUT2D eigenvalue weighted by Crippen LogP contribution is 2.32. The van der Waals surface area contributed by atoms with Gasteiger partial charge in [0.15, 0.2) is 5.69 Å². The molecular formula is C27H29N3O4S. The van der Waals surface area contributed by atoms with Crippen molar-refractivity contribution in [2.45, 2.75) is 39.3 Å². The zero-order valence-electron chi connectivity index (χ0n) is 20.0. The van der Waals surface area contributed by atoms with Gasteiger partial charge in [0.1, 0.15) is 11.6 Å². The van der Waals surface area contributed by atoms with Crippen molar-refractivity contribution in [1.29, 1.82) is 0 Å². The maximum absolute atomic E-state index is 12.6. The summed E-state index contributed by atoms with van der Waals surface area (Å²) in [6, 6.07) is 17.1. The molecule has 35 heavy (non-hydrogen) atoms. The predicted molar refractivity (Wildman–Crippen MR) is 137 cm³/mol. The Labute approximate surface area is 208 Å². The van der Waals surface area contributed by atoms with E-state index in [1.54, 1.807) is 0 Å². The van der Waals surface area contributed by atoms with E-state index in [9.17, 15) is 14.7 Å². The van der Waals surface area contributed by atoms with Gasteiger partial charge in [-0.1, -0.05) is 62.4 Å². The minimum Gasteiger partial charge on any atom is -0.476 e. The molecule has 182 valence electrons. The van der Waals surface area contributed by atoms with Crippen LogP contribution in [0.5, 0.6) is 0 Å². The van der Waals surface area contributed by atoms with Gasteiger partial charge >= 0.3 is 12.1 Å². The van der Waals surface area contributed by atoms with Crippen molar-refractivity contribution in [3.63, 3.8) is 0 Å². The van der Waals surface area contributed by atoms with Gasteiger partial charge in [0.2, 0.25) is 0 Å². The number of fused-ring (bicyclic) bond motifs is 1. The number of carboxylic acids is 1. The van der Waals surface area contributed by atoms with Gasteiger partial charge in [-0.25, -0.2) is 14.6 Å². The lowest BCUT2D eigenvalue weighted by Gasteiger charge is -2.18. The van der Waals surface area contributed by atoms with Crippen LogP contribution < -0.4 is 5.32 Å². The van der Waals surface area contributed by atoms with Crippen LogP contribution in [0.3, 0.4) is 0 Å². The van der Waals surface area contributed by atoms with Crippen molar-refractivity contribution in [3.8, 4) is 0 Å². The first kappa shape index (κ1) is 24.5. The molecule has 4 aromatic rings. The highest BCUT2D eigenvalue weighted by Gasteiger charge is 2.26. The zero-order chi connectivity index (χ0) is 24.9. The average molecular weight is 492 g/mol. The molecule has 7 nitrogen and oxygen atoms in total. The molecule has 0 fully saturated rings. The number of ether oxygens (including phenoxy) is 1. The minimum absolute atomic E-state index is 0.0335. The number of alkyl carbamates (subject to hydrolysis) is 1. The van der Waals surface area contributed by atoms with Crippen LogP contribution >= 0.6 is 11.3 Å². The van der Waals surface area contributed by atoms with E-state index in [0.29, 0.717) is 22.7 Å². The van der Waals surface area contributed by atoms with Crippen LogP contribution in [0.15, 0.2) is 60.8 Å². The van der Waals surface area contributed by atoms with Gasteiger partial charge in [-0.3, -0.25) is 0 Å². The summed E-state index contributed by atoms with van der Waals surface area (Å²) in [5, 5.41) is 14.4. The van der Waals surface area contributed by atoms with E-state index in [0.717, 1.165) is 22.0 Å². The molecule has 0 saturated heterocycles. The van der Waals surface area contributed by atoms with Crippen LogP contribution in [0, 0.1) is 5.92 Å². The topological polar surface area (TPSA) is 93.4 Å². The van der Waals surface area contributed by atoms with Crippen LogP contribution in [-0.2, 0) is 24.8 Å². The molecule has 0 bridgehead atoms. The molecule has 0 aliphatic heterocycles. The van der Waals surface area contributed by atoms with E-state index in [4.69, 9.17) is 4.74 Å². The standard InChI is InChI=1S/C27H29N3O4S/c1-17(2)13-21(28-27(33)34-16-18-9-5-4-6-10-18)25-29-24(26(31)32)23(35-25)14-19-15-30(3)22-12-8-7-11-20(19)22/h4-12,15,17,21H,13-14,16H2,1-3H3,(H,28,33)(H,31,32)/t21-/m0/s1. The number of benzene rings is 2. The van der Waals surface area contributed by atoms with Crippen molar-refractivity contribution in [3.05, 3.63) is 87.5 Å². The number of nitrogens with zero attached hydrogens (tertiary/aromatic N) is 2. The van der Waals surface area contributed by atoms with E-state index in [1.807, 2.05) is 86.3 Å². The predicted octanol–water partition coefficient (Wildman–Crippen LogP) is 5.94. The Morgan fingerprint density at radius 3 is 2.54 bits per heavy atom. The number of amides is 1. The van der Waals surface area contributed by atoms with Crippen molar-refractivity contribution < 1.29 is 19.4 Å². The lowest BCUT2D eigenvalue weighted by Crippen LogP contribution is -2.30. The number of aromatic nitrogens is 2. The zero-order valence-corrected chi connectivity index (χ0v) is 20.8. The van der Waals surface area contributed by atoms with E-state index < -0.39 is 18.1 Å². The Morgan fingerprint density at radius 1 is 1.11 bits per heavy atom. The highest BCUT2D eigenvalue weighted by molar-refractivity contribution is 7.12. The molecule has 1 amide bonds. The van der Waals surface area contributed by atoms with Gasteiger partial charge in [-0.05, 0) is 29.5 Å². The monoisotopic (exact) mass is 491 g/mol. The molecule has 0 radical (unpaired) electrons. The van der Waals surface area contributed by atoms with Gasteiger partial charge in [-0.2, -0.15) is 0 Å². The number of rotatable bonds is 9. The van der Waals surface area contributed by atoms with Crippen LogP contribution in [0.2, 0.25) is 0 Å². The number of hydrogen-bond acceptors (Lipinski definition) is 5. The molecule has 1 atom stereocenters. The lowest BCUT2D eigenvalue weighted by molar-refractivity contribution is 0.0690. The number of hydrogen-bond donors (Lipinski definition) is 2. The summed E-state index contributed by atoms with van der Waals surface area (Å²) in [6.45, 7) is 4.26. The van der Waals surface area contributed by atoms with Crippen molar-refractivity contribution >= 4 is 34.3 Å². The third-order valence-electron chi connectivity index (χ3n) is 5.76. The molecular weight excluding hydrogens is 462 g/mol. The summed E-state index contributed by atoms with van der Waals surface area (Å²) < 4.78 is 7.44. The number of carbonyl (C=O) groups is 2. The molecule has 0 aliphatic carbocycles. The first-order valence-electron chi connectivity index (χ1n) is 11.5. The molecule has 2 aromatic heterocycles. The Bertz CT molecular complexity index is 1330. The molecule has 2 aromatic carbocycles. The number of thiazole rings is 1. The molecule has 0 spiro atoms. The molecule has 4 rings (SSSR count). The average Bonchev–Trinajstić information content (AvgIpc) is 3.40. The SMILES string of the molecule is CC(C)C[C@H](NC(=O)OCc1ccccc1)c1nc(C(=O)O)c(Cc2cn(C)c3ccccc23)s1. The van der Waals surface area contributed by atoms with Crippen LogP contribution in [0.25, 0.3) is 10.9 Å². The Kier molecular flexibility index (Phi) is 7.51. The third-order valence-corrected chi connectivity index (χ3v) is 6.93. The summed E-state index contributed by atoms with van der Waals surface area (Å²) in [5.41, 5.74) is 3.05. The van der Waals surface area contributed by atoms with Crippen molar-refractivity contribution in [2.75, 3.05) is 0 Å². The second-order valence-electron chi connectivity index (χ2n) is 8.98. The van der Waals surface area contributed by atoms with E-state index in [1.165, 1.54) is 11.3 Å². The molecule has 0 aliphatic rings. The number of aryl methyl sites for hydroxylation is 1. The van der Waals surface area contributed by atoms with Crippen LogP contribution in [0.4, 0.5) is 4.79 Å². The first-order chi connectivity index (χ1) is 16.8. The van der Waals surface area contributed by atoms with Gasteiger partial charge in [-0.15, -0.1) is 11.3 Å². The first-order valence-corrected chi connectivity index (χ1v) is 12.4. The van der Waals surface area contributed by atoms with Gasteiger partial charge in [0.25, 0.3) is 0 Å². The van der Waals surface area contributed by atoms with Crippen LogP contribution in [-0.4, -0.2) is 26.7 Å². The van der Waals surface area contributed by atoms with Crippen molar-refractivity contribution in [1.82, 2.24) is 14.9 Å². The highest BCUT2D eigenvalue weighted by atomic mass is 32.1. The number of aromatic carboxylic acids is 1. The molecule has 8 heteroatoms. The van der Waals surface area contributed by atoms with E-state index in [2.05, 4.69) is 10.3 Å². The molecule has 0 unspecified atom stereocenters. The summed E-state index contributed by atoms with van der Waals surface area (Å²) >= 11 is 1.34. The lowest BCUT2D eigenvalue weighted by atomic mass is 10.0. The summed E-state index contributed by atoms with van der Waals surface area (Å²) in [7, 11) is 1.98. The quantitative estimate of drug-likeness (QED) is 0.302. The number of carbonyl (C=O) groups excluding carboxylic acids is 1. The maximum Gasteiger partial charge on any atom is 0.408 e. The van der Waals surface area contributed by atoms with Crippen molar-refractivity contribution in [2.24, 2.45) is 13.0 Å². The van der Waals surface area contributed by atoms with Gasteiger partial charge in [0, 0.05) is 35.4 Å². The fourth-order valence-electron chi connectivity index (χ4n) is 4.15. The molecule has 2 N–H and O–H groups in total. The fourth-order valence-corrected chi connectivity index (χ4v) is 5.29. The number of para-hydroxylation sites is 1. The largest absolute Gasteiger partial charge is 0.476 e. The molecule has 0 saturated carbocycles. The fraction of sp³-hybridized carbons (Fsp3) is 0.296. The second-order valence-corrected chi connectivity index (χ2v) is 10.1. The van der Waals surface area contributed by atoms with E-state index in [-0.39, 0.29) is 18.2 Å². The summed E-state index contributed by atoms with van der Waals surface area (Å²) in [5.74, 6) is -0.814. The minimum atomic E-state index is -1.07.